The number of likely N-dealkylation sites (N-methyl/N-ethyl adjacent to an activating group) is 1. The molecule has 2 unspecified atom stereocenters. The second kappa shape index (κ2) is 23.4. The van der Waals surface area contributed by atoms with E-state index in [1.54, 1.807) is 6.08 Å². The van der Waals surface area contributed by atoms with Gasteiger partial charge in [0.1, 0.15) is 0 Å². The molecule has 7 rings (SSSR count). The van der Waals surface area contributed by atoms with Gasteiger partial charge in [-0.25, -0.2) is 0 Å². The Morgan fingerprint density at radius 2 is 1.50 bits per heavy atom. The average molecular weight is 848 g/mol. The standard InChI is InChI=1S/C28H33N.C25H28N2.C6H6.C2H6/c1-8-11-12-13-15-23(21(4)14-9-2)18-22(10-3)24-16-17-26-25(19-24)27(5)20-28(27,6)29(26)7;1-16(2)20-6-8-21(9-7-20)22-12-19(15-26)13-23(14-22)24-10-18(4)25(27-5)11-17(24)3;1-2-4-6-5-3-1;1-2/h8-19H,1,4,20H2,2-3,5-7H3;6,8,10-14H,1,5,7,9,15,26H2,2-4H3;1-6H;1-2H3/b12-11+,14-9-,15-13+,22-10+,23-18+;;;. The van der Waals surface area contributed by atoms with Crippen LogP contribution in [0.4, 0.5) is 11.4 Å². The highest BCUT2D eigenvalue weighted by atomic mass is 15.3. The fraction of sp³-hybridized carbons (Fsp3) is 0.262. The predicted molar refractivity (Wildman–Crippen MR) is 286 cm³/mol. The van der Waals surface area contributed by atoms with Crippen molar-refractivity contribution in [2.45, 2.75) is 99.1 Å². The second-order valence-corrected chi connectivity index (χ2v) is 17.0. The Morgan fingerprint density at radius 3 is 2.06 bits per heavy atom. The Morgan fingerprint density at radius 1 is 0.828 bits per heavy atom. The second-order valence-electron chi connectivity index (χ2n) is 17.0. The van der Waals surface area contributed by atoms with Crippen molar-refractivity contribution in [1.29, 1.82) is 0 Å². The molecule has 3 nitrogen and oxygen atoms in total. The number of rotatable bonds is 12. The Balaban J connectivity index is 0.000000240. The lowest BCUT2D eigenvalue weighted by Gasteiger charge is -2.23. The third-order valence-electron chi connectivity index (χ3n) is 12.8. The SMILES string of the molecule is C=C/C=C/C=C/C(=C\C(=C/C)c1ccc2c(c1)C1(C)CC1(C)N2C)C(=C)/C=C\C.C=Nc1cc(C)c(-c2cc(CN)cc(C3=CC=C(C(=C)C)CC3)c2)cc1C.CC.c1ccccc1. The molecule has 2 N–H and O–H groups in total. The van der Waals surface area contributed by atoms with Gasteiger partial charge in [0.05, 0.1) is 5.69 Å². The largest absolute Gasteiger partial charge is 0.368 e. The summed E-state index contributed by atoms with van der Waals surface area (Å²) in [6.07, 6.45) is 26.1. The molecule has 0 spiro atoms. The van der Waals surface area contributed by atoms with E-state index in [1.807, 2.05) is 81.5 Å². The third-order valence-corrected chi connectivity index (χ3v) is 12.8. The van der Waals surface area contributed by atoms with E-state index in [-0.39, 0.29) is 11.0 Å². The van der Waals surface area contributed by atoms with E-state index in [4.69, 9.17) is 5.73 Å². The predicted octanol–water partition coefficient (Wildman–Crippen LogP) is 16.5. The number of nitrogens with zero attached hydrogens (tertiary/aromatic N) is 2. The van der Waals surface area contributed by atoms with Gasteiger partial charge in [-0.15, -0.1) is 0 Å². The molecule has 1 fully saturated rings. The number of allylic oxidation sites excluding steroid dienone is 17. The van der Waals surface area contributed by atoms with Crippen LogP contribution in [0.2, 0.25) is 0 Å². The van der Waals surface area contributed by atoms with Crippen molar-refractivity contribution >= 4 is 29.2 Å². The van der Waals surface area contributed by atoms with Gasteiger partial charge in [0.2, 0.25) is 0 Å². The van der Waals surface area contributed by atoms with Crippen LogP contribution in [0.3, 0.4) is 0 Å². The highest BCUT2D eigenvalue weighted by Gasteiger charge is 2.69. The molecule has 1 heterocycles. The average Bonchev–Trinajstić information content (AvgIpc) is 3.87. The number of nitrogens with two attached hydrogens (primary N) is 1. The monoisotopic (exact) mass is 848 g/mol. The smallest absolute Gasteiger partial charge is 0.0654 e. The normalized spacial score (nSPS) is 18.6. The summed E-state index contributed by atoms with van der Waals surface area (Å²) >= 11 is 0. The number of aliphatic imine (C=N–C) groups is 1. The van der Waals surface area contributed by atoms with E-state index < -0.39 is 0 Å². The van der Waals surface area contributed by atoms with E-state index in [0.717, 1.165) is 46.4 Å². The molecule has 0 saturated heterocycles. The summed E-state index contributed by atoms with van der Waals surface area (Å²) < 4.78 is 0. The Kier molecular flexibility index (Phi) is 18.4. The first kappa shape index (κ1) is 50.4. The van der Waals surface area contributed by atoms with Crippen LogP contribution in [0.5, 0.6) is 0 Å². The summed E-state index contributed by atoms with van der Waals surface area (Å²) in [5.41, 5.74) is 25.9. The molecule has 3 heteroatoms. The summed E-state index contributed by atoms with van der Waals surface area (Å²) in [6.45, 7) is 35.4. The van der Waals surface area contributed by atoms with Crippen LogP contribution in [-0.2, 0) is 12.0 Å². The van der Waals surface area contributed by atoms with Crippen molar-refractivity contribution in [1.82, 2.24) is 0 Å². The zero-order chi connectivity index (χ0) is 47.0. The van der Waals surface area contributed by atoms with Crippen molar-refractivity contribution in [3.8, 4) is 11.1 Å². The summed E-state index contributed by atoms with van der Waals surface area (Å²) in [7, 11) is 2.23. The van der Waals surface area contributed by atoms with E-state index in [0.29, 0.717) is 6.54 Å². The number of aryl methyl sites for hydroxylation is 2. The first-order valence-electron chi connectivity index (χ1n) is 22.8. The van der Waals surface area contributed by atoms with Crippen LogP contribution in [-0.4, -0.2) is 19.3 Å². The molecule has 4 aromatic rings. The summed E-state index contributed by atoms with van der Waals surface area (Å²) in [5.74, 6) is 0. The lowest BCUT2D eigenvalue weighted by atomic mass is 9.87. The Hall–Kier alpha value is -6.29. The molecule has 0 bridgehead atoms. The van der Waals surface area contributed by atoms with Gasteiger partial charge >= 0.3 is 0 Å². The van der Waals surface area contributed by atoms with Crippen molar-refractivity contribution in [2.75, 3.05) is 11.9 Å². The van der Waals surface area contributed by atoms with Gasteiger partial charge in [-0.2, -0.15) is 0 Å². The fourth-order valence-corrected chi connectivity index (χ4v) is 8.63. The third kappa shape index (κ3) is 11.8. The van der Waals surface area contributed by atoms with Gasteiger partial charge in [-0.1, -0.05) is 155 Å². The minimum absolute atomic E-state index is 0.266. The highest BCUT2D eigenvalue weighted by Crippen LogP contribution is 2.68. The lowest BCUT2D eigenvalue weighted by Crippen LogP contribution is -2.30. The Labute approximate surface area is 387 Å². The summed E-state index contributed by atoms with van der Waals surface area (Å²) in [5, 5.41) is 0. The van der Waals surface area contributed by atoms with Crippen molar-refractivity contribution in [3.05, 3.63) is 227 Å². The molecule has 3 aliphatic rings. The van der Waals surface area contributed by atoms with Crippen LogP contribution in [0, 0.1) is 13.8 Å². The molecule has 2 aliphatic carbocycles. The number of fused-ring (bicyclic) bond motifs is 3. The van der Waals surface area contributed by atoms with Crippen LogP contribution in [0.25, 0.3) is 22.3 Å². The highest BCUT2D eigenvalue weighted by molar-refractivity contribution is 5.82. The van der Waals surface area contributed by atoms with Gasteiger partial charge in [0, 0.05) is 30.2 Å². The number of hydrogen-bond donors (Lipinski definition) is 1. The van der Waals surface area contributed by atoms with Crippen molar-refractivity contribution in [3.63, 3.8) is 0 Å². The van der Waals surface area contributed by atoms with Crippen LogP contribution in [0.1, 0.15) is 101 Å². The molecule has 1 aliphatic heterocycles. The number of hydrogen-bond acceptors (Lipinski definition) is 3. The maximum Gasteiger partial charge on any atom is 0.0654 e. The molecular formula is C61H73N3. The first-order valence-corrected chi connectivity index (χ1v) is 22.8. The van der Waals surface area contributed by atoms with Crippen LogP contribution >= 0.6 is 0 Å². The maximum atomic E-state index is 6.00. The van der Waals surface area contributed by atoms with Gasteiger partial charge < -0.3 is 10.6 Å². The molecule has 1 saturated carbocycles. The Bertz CT molecular complexity index is 2500. The zero-order valence-electron chi connectivity index (χ0n) is 40.6. The van der Waals surface area contributed by atoms with E-state index in [9.17, 15) is 0 Å². The molecule has 4 aromatic carbocycles. The van der Waals surface area contributed by atoms with Crippen LogP contribution in [0.15, 0.2) is 199 Å². The molecule has 0 aromatic heterocycles. The van der Waals surface area contributed by atoms with Crippen molar-refractivity contribution < 1.29 is 0 Å². The molecule has 0 radical (unpaired) electrons. The van der Waals surface area contributed by atoms with Crippen LogP contribution < -0.4 is 10.6 Å². The zero-order valence-corrected chi connectivity index (χ0v) is 40.6. The molecule has 2 atom stereocenters. The quantitative estimate of drug-likeness (QED) is 0.114. The lowest BCUT2D eigenvalue weighted by molar-refractivity contribution is 0.622. The van der Waals surface area contributed by atoms with Gasteiger partial charge in [0.25, 0.3) is 0 Å². The van der Waals surface area contributed by atoms with Gasteiger partial charge in [-0.3, -0.25) is 4.99 Å². The molecule has 332 valence electrons. The van der Waals surface area contributed by atoms with Gasteiger partial charge in [-0.05, 0) is 182 Å². The van der Waals surface area contributed by atoms with E-state index in [1.165, 1.54) is 62.2 Å². The minimum Gasteiger partial charge on any atom is -0.368 e. The molecule has 0 amide bonds. The number of benzene rings is 4. The number of anilines is 1. The van der Waals surface area contributed by atoms with E-state index >= 15 is 0 Å². The topological polar surface area (TPSA) is 41.6 Å². The summed E-state index contributed by atoms with van der Waals surface area (Å²) in [4.78, 5) is 6.58. The minimum atomic E-state index is 0.266. The van der Waals surface area contributed by atoms with Crippen molar-refractivity contribution in [2.24, 2.45) is 10.7 Å². The van der Waals surface area contributed by atoms with E-state index in [2.05, 4.69) is 170 Å². The van der Waals surface area contributed by atoms with Gasteiger partial charge in [0.15, 0.2) is 0 Å². The molecule has 64 heavy (non-hydrogen) atoms. The summed E-state index contributed by atoms with van der Waals surface area (Å²) in [6, 6.07) is 29.9. The maximum absolute atomic E-state index is 6.00. The first-order chi connectivity index (χ1) is 30.7. The molecular weight excluding hydrogens is 775 g/mol. The fourth-order valence-electron chi connectivity index (χ4n) is 8.63.